The predicted octanol–water partition coefficient (Wildman–Crippen LogP) is 1.83. The maximum atomic E-state index is 13.5. The Hall–Kier alpha value is -1.98. The van der Waals surface area contributed by atoms with Gasteiger partial charge in [0.25, 0.3) is 0 Å². The first-order valence-corrected chi connectivity index (χ1v) is 6.27. The van der Waals surface area contributed by atoms with E-state index in [2.05, 4.69) is 0 Å². The normalized spacial score (nSPS) is 22.1. The van der Waals surface area contributed by atoms with Crippen molar-refractivity contribution < 1.29 is 23.5 Å². The molecular weight excluding hydrogens is 268 g/mol. The highest BCUT2D eigenvalue weighted by atomic mass is 19.1. The van der Waals surface area contributed by atoms with Gasteiger partial charge in [0, 0.05) is 18.7 Å². The molecule has 1 fully saturated rings. The van der Waals surface area contributed by atoms with E-state index in [0.29, 0.717) is 13.0 Å². The quantitative estimate of drug-likeness (QED) is 0.920. The molecule has 1 N–H and O–H groups in total. The van der Waals surface area contributed by atoms with Crippen molar-refractivity contribution in [3.8, 4) is 0 Å². The summed E-state index contributed by atoms with van der Waals surface area (Å²) in [5.41, 5.74) is -0.977. The van der Waals surface area contributed by atoms with Gasteiger partial charge in [-0.2, -0.15) is 0 Å². The minimum Gasteiger partial charge on any atom is -0.481 e. The molecule has 0 spiro atoms. The second kappa shape index (κ2) is 5.19. The summed E-state index contributed by atoms with van der Waals surface area (Å²) in [5.74, 6) is -2.59. The third-order valence-corrected chi connectivity index (χ3v) is 3.69. The van der Waals surface area contributed by atoms with Crippen molar-refractivity contribution in [3.05, 3.63) is 35.4 Å². The molecule has 0 radical (unpaired) electrons. The number of carboxylic acid groups (broad SMARTS) is 1. The molecule has 1 heterocycles. The first kappa shape index (κ1) is 14.4. The van der Waals surface area contributed by atoms with Gasteiger partial charge in [0.05, 0.1) is 11.8 Å². The van der Waals surface area contributed by atoms with Gasteiger partial charge in [-0.3, -0.25) is 9.59 Å². The van der Waals surface area contributed by atoms with Crippen LogP contribution < -0.4 is 0 Å². The van der Waals surface area contributed by atoms with Gasteiger partial charge in [-0.05, 0) is 31.5 Å². The second-order valence-electron chi connectivity index (χ2n) is 5.34. The maximum absolute atomic E-state index is 13.5. The Morgan fingerprint density at radius 2 is 2.10 bits per heavy atom. The first-order chi connectivity index (χ1) is 9.32. The maximum Gasteiger partial charge on any atom is 0.311 e. The molecule has 6 heteroatoms. The fourth-order valence-electron chi connectivity index (χ4n) is 2.30. The van der Waals surface area contributed by atoms with Crippen LogP contribution in [0.3, 0.4) is 0 Å². The van der Waals surface area contributed by atoms with Gasteiger partial charge in [0.15, 0.2) is 0 Å². The molecule has 1 aliphatic rings. The molecule has 0 unspecified atom stereocenters. The number of halogens is 2. The molecule has 108 valence electrons. The Bertz CT molecular complexity index is 561. The highest BCUT2D eigenvalue weighted by Gasteiger charge is 2.42. The Morgan fingerprint density at radius 3 is 2.70 bits per heavy atom. The lowest BCUT2D eigenvalue weighted by Gasteiger charge is -2.20. The molecule has 20 heavy (non-hydrogen) atoms. The Kier molecular flexibility index (Phi) is 3.74. The third kappa shape index (κ3) is 2.79. The topological polar surface area (TPSA) is 57.6 Å². The predicted molar refractivity (Wildman–Crippen MR) is 67.0 cm³/mol. The molecule has 0 aliphatic carbocycles. The molecule has 2 rings (SSSR count). The standard InChI is InChI=1S/C14H15F2NO3/c1-14(13(19)20)4-5-17(8-14)12(18)7-9-6-10(15)2-3-11(9)16/h2-3,6H,4-5,7-8H2,1H3,(H,19,20)/t14-/m0/s1. The molecule has 0 saturated carbocycles. The van der Waals surface area contributed by atoms with Crippen LogP contribution in [0.15, 0.2) is 18.2 Å². The van der Waals surface area contributed by atoms with Crippen LogP contribution in [0.4, 0.5) is 8.78 Å². The minimum absolute atomic E-state index is 0.0149. The van der Waals surface area contributed by atoms with Crippen molar-refractivity contribution in [2.45, 2.75) is 19.8 Å². The van der Waals surface area contributed by atoms with Crippen LogP contribution >= 0.6 is 0 Å². The van der Waals surface area contributed by atoms with Crippen LogP contribution in [0.2, 0.25) is 0 Å². The van der Waals surface area contributed by atoms with Crippen LogP contribution in [-0.4, -0.2) is 35.0 Å². The number of amides is 1. The smallest absolute Gasteiger partial charge is 0.311 e. The third-order valence-electron chi connectivity index (χ3n) is 3.69. The average Bonchev–Trinajstić information content (AvgIpc) is 2.78. The number of rotatable bonds is 3. The van der Waals surface area contributed by atoms with Crippen molar-refractivity contribution in [2.75, 3.05) is 13.1 Å². The molecule has 0 bridgehead atoms. The fourth-order valence-corrected chi connectivity index (χ4v) is 2.30. The van der Waals surface area contributed by atoms with E-state index in [-0.39, 0.29) is 24.4 Å². The zero-order valence-electron chi connectivity index (χ0n) is 11.0. The van der Waals surface area contributed by atoms with Crippen molar-refractivity contribution >= 4 is 11.9 Å². The van der Waals surface area contributed by atoms with Crippen molar-refractivity contribution in [1.82, 2.24) is 4.90 Å². The fraction of sp³-hybridized carbons (Fsp3) is 0.429. The summed E-state index contributed by atoms with van der Waals surface area (Å²) in [6.07, 6.45) is 0.0962. The van der Waals surface area contributed by atoms with E-state index >= 15 is 0 Å². The first-order valence-electron chi connectivity index (χ1n) is 6.27. The van der Waals surface area contributed by atoms with E-state index in [9.17, 15) is 18.4 Å². The summed E-state index contributed by atoms with van der Waals surface area (Å²) >= 11 is 0. The van der Waals surface area contributed by atoms with Gasteiger partial charge in [-0.1, -0.05) is 0 Å². The van der Waals surface area contributed by atoms with Crippen LogP contribution in [0.1, 0.15) is 18.9 Å². The number of likely N-dealkylation sites (tertiary alicyclic amines) is 1. The van der Waals surface area contributed by atoms with Gasteiger partial charge < -0.3 is 10.0 Å². The number of aliphatic carboxylic acids is 1. The van der Waals surface area contributed by atoms with Gasteiger partial charge in [0.2, 0.25) is 5.91 Å². The molecule has 1 aliphatic heterocycles. The van der Waals surface area contributed by atoms with Crippen molar-refractivity contribution in [3.63, 3.8) is 0 Å². The zero-order chi connectivity index (χ0) is 14.9. The lowest BCUT2D eigenvalue weighted by atomic mass is 9.90. The molecular formula is C14H15F2NO3. The van der Waals surface area contributed by atoms with E-state index < -0.39 is 23.0 Å². The number of benzene rings is 1. The highest BCUT2D eigenvalue weighted by Crippen LogP contribution is 2.30. The number of nitrogens with zero attached hydrogens (tertiary/aromatic N) is 1. The summed E-state index contributed by atoms with van der Waals surface area (Å²) in [4.78, 5) is 24.5. The lowest BCUT2D eigenvalue weighted by molar-refractivity contribution is -0.147. The summed E-state index contributed by atoms with van der Waals surface area (Å²) in [6, 6.07) is 2.95. The lowest BCUT2D eigenvalue weighted by Crippen LogP contribution is -2.35. The summed E-state index contributed by atoms with van der Waals surface area (Å²) < 4.78 is 26.5. The van der Waals surface area contributed by atoms with E-state index in [0.717, 1.165) is 18.2 Å². The number of hydrogen-bond acceptors (Lipinski definition) is 2. The molecule has 1 amide bonds. The molecule has 1 atom stereocenters. The van der Waals surface area contributed by atoms with Crippen molar-refractivity contribution in [2.24, 2.45) is 5.41 Å². The van der Waals surface area contributed by atoms with Gasteiger partial charge >= 0.3 is 5.97 Å². The second-order valence-corrected chi connectivity index (χ2v) is 5.34. The Labute approximate surface area is 115 Å². The number of carbonyl (C=O) groups excluding carboxylic acids is 1. The molecule has 0 aromatic heterocycles. The summed E-state index contributed by atoms with van der Waals surface area (Å²) in [5, 5.41) is 9.09. The Balaban J connectivity index is 2.07. The van der Waals surface area contributed by atoms with Crippen LogP contribution in [-0.2, 0) is 16.0 Å². The van der Waals surface area contributed by atoms with Crippen LogP contribution in [0.25, 0.3) is 0 Å². The summed E-state index contributed by atoms with van der Waals surface area (Å²) in [6.45, 7) is 1.99. The van der Waals surface area contributed by atoms with Crippen LogP contribution in [0.5, 0.6) is 0 Å². The average molecular weight is 283 g/mol. The monoisotopic (exact) mass is 283 g/mol. The number of carbonyl (C=O) groups is 2. The van der Waals surface area contributed by atoms with E-state index in [1.165, 1.54) is 4.90 Å². The van der Waals surface area contributed by atoms with E-state index in [4.69, 9.17) is 5.11 Å². The van der Waals surface area contributed by atoms with Gasteiger partial charge in [-0.15, -0.1) is 0 Å². The van der Waals surface area contributed by atoms with E-state index in [1.54, 1.807) is 6.92 Å². The van der Waals surface area contributed by atoms with Crippen LogP contribution in [0, 0.1) is 17.0 Å². The van der Waals surface area contributed by atoms with E-state index in [1.807, 2.05) is 0 Å². The summed E-state index contributed by atoms with van der Waals surface area (Å²) in [7, 11) is 0. The largest absolute Gasteiger partial charge is 0.481 e. The number of hydrogen-bond donors (Lipinski definition) is 1. The SMILES string of the molecule is C[C@]1(C(=O)O)CCN(C(=O)Cc2cc(F)ccc2F)C1. The molecule has 1 aromatic rings. The van der Waals surface area contributed by atoms with Gasteiger partial charge in [0.1, 0.15) is 11.6 Å². The highest BCUT2D eigenvalue weighted by molar-refractivity contribution is 5.82. The Morgan fingerprint density at radius 1 is 1.40 bits per heavy atom. The zero-order valence-corrected chi connectivity index (χ0v) is 11.0. The molecule has 1 aromatic carbocycles. The minimum atomic E-state index is -0.962. The van der Waals surface area contributed by atoms with Gasteiger partial charge in [-0.25, -0.2) is 8.78 Å². The molecule has 4 nitrogen and oxygen atoms in total. The molecule has 1 saturated heterocycles. The number of carboxylic acids is 1. The van der Waals surface area contributed by atoms with Crippen molar-refractivity contribution in [1.29, 1.82) is 0 Å².